The number of methoxy groups -OCH3 is 1. The normalized spacial score (nSPS) is 10.4. The number of ether oxygens (including phenoxy) is 1. The summed E-state index contributed by atoms with van der Waals surface area (Å²) in [6.45, 7) is 1.25. The number of benzene rings is 1. The largest absolute Gasteiger partial charge is 0.497 e. The van der Waals surface area contributed by atoms with Crippen LogP contribution in [-0.2, 0) is 0 Å². The predicted octanol–water partition coefficient (Wildman–Crippen LogP) is 1.63. The smallest absolute Gasteiger partial charge is 0.257 e. The van der Waals surface area contributed by atoms with Crippen molar-refractivity contribution < 1.29 is 14.3 Å². The third-order valence-corrected chi connectivity index (χ3v) is 3.43. The zero-order valence-corrected chi connectivity index (χ0v) is 14.6. The Hall–Kier alpha value is -2.93. The number of carbonyl (C=O) groups excluding carboxylic acids is 2. The van der Waals surface area contributed by atoms with Gasteiger partial charge in [0.05, 0.1) is 18.2 Å². The predicted molar refractivity (Wildman–Crippen MR) is 96.1 cm³/mol. The van der Waals surface area contributed by atoms with Crippen molar-refractivity contribution >= 4 is 17.5 Å². The standard InChI is InChI=1S/C18H22N4O3/c1-22(2)8-7-20-17(23)13-9-14(12-19-11-13)18(24)21-15-5-4-6-16(10-15)25-3/h4-6,9-12H,7-8H2,1-3H3,(H,20,23)(H,21,24). The number of nitrogens with zero attached hydrogens (tertiary/aromatic N) is 2. The molecule has 7 nitrogen and oxygen atoms in total. The minimum absolute atomic E-state index is 0.259. The van der Waals surface area contributed by atoms with Crippen LogP contribution in [0, 0.1) is 0 Å². The lowest BCUT2D eigenvalue weighted by atomic mass is 10.2. The highest BCUT2D eigenvalue weighted by atomic mass is 16.5. The Morgan fingerprint density at radius 2 is 1.84 bits per heavy atom. The Bertz CT molecular complexity index is 747. The summed E-state index contributed by atoms with van der Waals surface area (Å²) in [6.07, 6.45) is 2.86. The van der Waals surface area contributed by atoms with Crippen molar-refractivity contribution in [1.82, 2.24) is 15.2 Å². The third-order valence-electron chi connectivity index (χ3n) is 3.43. The van der Waals surface area contributed by atoms with Gasteiger partial charge in [0.1, 0.15) is 5.75 Å². The molecule has 0 aliphatic rings. The lowest BCUT2D eigenvalue weighted by Gasteiger charge is -2.11. The van der Waals surface area contributed by atoms with Gasteiger partial charge >= 0.3 is 0 Å². The first-order valence-electron chi connectivity index (χ1n) is 7.83. The van der Waals surface area contributed by atoms with Crippen LogP contribution in [0.1, 0.15) is 20.7 Å². The highest BCUT2D eigenvalue weighted by Crippen LogP contribution is 2.17. The number of rotatable bonds is 7. The van der Waals surface area contributed by atoms with Gasteiger partial charge in [-0.25, -0.2) is 0 Å². The summed E-state index contributed by atoms with van der Waals surface area (Å²) in [5, 5.41) is 5.55. The average Bonchev–Trinajstić information content (AvgIpc) is 2.61. The lowest BCUT2D eigenvalue weighted by Crippen LogP contribution is -2.31. The van der Waals surface area contributed by atoms with Crippen LogP contribution in [0.15, 0.2) is 42.7 Å². The van der Waals surface area contributed by atoms with Gasteiger partial charge in [-0.15, -0.1) is 0 Å². The van der Waals surface area contributed by atoms with E-state index >= 15 is 0 Å². The summed E-state index contributed by atoms with van der Waals surface area (Å²) in [6, 6.07) is 8.56. The van der Waals surface area contributed by atoms with Gasteiger partial charge in [-0.05, 0) is 32.3 Å². The molecule has 0 spiro atoms. The number of likely N-dealkylation sites (N-methyl/N-ethyl adjacent to an activating group) is 1. The molecule has 1 aromatic carbocycles. The fourth-order valence-corrected chi connectivity index (χ4v) is 2.09. The molecule has 25 heavy (non-hydrogen) atoms. The number of hydrogen-bond donors (Lipinski definition) is 2. The van der Waals surface area contributed by atoms with Crippen LogP contribution in [0.25, 0.3) is 0 Å². The Balaban J connectivity index is 2.04. The number of amides is 2. The first-order valence-corrected chi connectivity index (χ1v) is 7.83. The molecule has 0 fully saturated rings. The molecule has 1 heterocycles. The van der Waals surface area contributed by atoms with Crippen molar-refractivity contribution in [3.05, 3.63) is 53.9 Å². The molecule has 0 saturated heterocycles. The molecule has 2 aromatic rings. The Morgan fingerprint density at radius 1 is 1.12 bits per heavy atom. The van der Waals surface area contributed by atoms with E-state index in [1.807, 2.05) is 19.0 Å². The van der Waals surface area contributed by atoms with Gasteiger partial charge in [-0.2, -0.15) is 0 Å². The third kappa shape index (κ3) is 5.58. The van der Waals surface area contributed by atoms with Crippen LogP contribution in [0.2, 0.25) is 0 Å². The van der Waals surface area contributed by atoms with E-state index in [0.29, 0.717) is 29.1 Å². The van der Waals surface area contributed by atoms with Gasteiger partial charge in [0, 0.05) is 37.2 Å². The van der Waals surface area contributed by atoms with Crippen LogP contribution >= 0.6 is 0 Å². The van der Waals surface area contributed by atoms with Gasteiger partial charge in [-0.3, -0.25) is 14.6 Å². The maximum Gasteiger partial charge on any atom is 0.257 e. The number of aromatic nitrogens is 1. The number of anilines is 1. The van der Waals surface area contributed by atoms with E-state index in [0.717, 1.165) is 6.54 Å². The molecule has 132 valence electrons. The van der Waals surface area contributed by atoms with Gasteiger partial charge in [0.25, 0.3) is 11.8 Å². The van der Waals surface area contributed by atoms with Crippen molar-refractivity contribution in [3.63, 3.8) is 0 Å². The van der Waals surface area contributed by atoms with Crippen molar-refractivity contribution in [3.8, 4) is 5.75 Å². The van der Waals surface area contributed by atoms with Crippen molar-refractivity contribution in [2.75, 3.05) is 39.6 Å². The molecule has 0 unspecified atom stereocenters. The molecule has 0 aliphatic carbocycles. The number of carbonyl (C=O) groups is 2. The van der Waals surface area contributed by atoms with Crippen LogP contribution in [-0.4, -0.2) is 56.0 Å². The zero-order chi connectivity index (χ0) is 18.2. The summed E-state index contributed by atoms with van der Waals surface area (Å²) in [5.74, 6) is 0.0408. The Kier molecular flexibility index (Phi) is 6.47. The van der Waals surface area contributed by atoms with Gasteiger partial charge in [0.15, 0.2) is 0 Å². The number of nitrogens with one attached hydrogen (secondary N) is 2. The second-order valence-corrected chi connectivity index (χ2v) is 5.71. The topological polar surface area (TPSA) is 83.6 Å². The average molecular weight is 342 g/mol. The first kappa shape index (κ1) is 18.4. The molecule has 0 aliphatic heterocycles. The molecule has 2 amide bonds. The fraction of sp³-hybridized carbons (Fsp3) is 0.278. The van der Waals surface area contributed by atoms with E-state index in [1.165, 1.54) is 18.5 Å². The highest BCUT2D eigenvalue weighted by molar-refractivity contribution is 6.05. The van der Waals surface area contributed by atoms with Crippen LogP contribution in [0.3, 0.4) is 0 Å². The molecule has 0 saturated carbocycles. The zero-order valence-electron chi connectivity index (χ0n) is 14.6. The van der Waals surface area contributed by atoms with E-state index in [9.17, 15) is 9.59 Å². The van der Waals surface area contributed by atoms with Gasteiger partial charge < -0.3 is 20.3 Å². The molecular formula is C18H22N4O3. The number of pyridine rings is 1. The molecule has 2 N–H and O–H groups in total. The van der Waals surface area contributed by atoms with Crippen molar-refractivity contribution in [2.45, 2.75) is 0 Å². The monoisotopic (exact) mass is 342 g/mol. The summed E-state index contributed by atoms with van der Waals surface area (Å²) in [5.41, 5.74) is 1.25. The highest BCUT2D eigenvalue weighted by Gasteiger charge is 2.12. The van der Waals surface area contributed by atoms with Gasteiger partial charge in [0.2, 0.25) is 0 Å². The van der Waals surface area contributed by atoms with Crippen molar-refractivity contribution in [2.24, 2.45) is 0 Å². The van der Waals surface area contributed by atoms with E-state index in [2.05, 4.69) is 15.6 Å². The molecule has 0 atom stereocenters. The molecular weight excluding hydrogens is 320 g/mol. The minimum Gasteiger partial charge on any atom is -0.497 e. The van der Waals surface area contributed by atoms with E-state index in [-0.39, 0.29) is 11.8 Å². The Labute approximate surface area is 147 Å². The maximum absolute atomic E-state index is 12.4. The van der Waals surface area contributed by atoms with Gasteiger partial charge in [-0.1, -0.05) is 6.07 Å². The van der Waals surface area contributed by atoms with E-state index in [1.54, 1.807) is 31.4 Å². The minimum atomic E-state index is -0.344. The van der Waals surface area contributed by atoms with E-state index < -0.39 is 0 Å². The Morgan fingerprint density at radius 3 is 2.52 bits per heavy atom. The molecule has 0 radical (unpaired) electrons. The van der Waals surface area contributed by atoms with Crippen molar-refractivity contribution in [1.29, 1.82) is 0 Å². The summed E-state index contributed by atoms with van der Waals surface area (Å²) in [7, 11) is 5.41. The summed E-state index contributed by atoms with van der Waals surface area (Å²) in [4.78, 5) is 30.4. The quantitative estimate of drug-likeness (QED) is 0.799. The molecule has 0 bridgehead atoms. The molecule has 7 heteroatoms. The fourth-order valence-electron chi connectivity index (χ4n) is 2.09. The molecule has 2 rings (SSSR count). The second kappa shape index (κ2) is 8.79. The van der Waals surface area contributed by atoms with Crippen LogP contribution in [0.4, 0.5) is 5.69 Å². The second-order valence-electron chi connectivity index (χ2n) is 5.71. The van der Waals surface area contributed by atoms with Crippen LogP contribution < -0.4 is 15.4 Å². The SMILES string of the molecule is COc1cccc(NC(=O)c2cncc(C(=O)NCCN(C)C)c2)c1. The molecule has 1 aromatic heterocycles. The number of hydrogen-bond acceptors (Lipinski definition) is 5. The lowest BCUT2D eigenvalue weighted by molar-refractivity contribution is 0.0950. The summed E-state index contributed by atoms with van der Waals surface area (Å²) >= 11 is 0. The first-order chi connectivity index (χ1) is 12.0. The summed E-state index contributed by atoms with van der Waals surface area (Å²) < 4.78 is 5.13. The van der Waals surface area contributed by atoms with Crippen LogP contribution in [0.5, 0.6) is 5.75 Å². The van der Waals surface area contributed by atoms with E-state index in [4.69, 9.17) is 4.74 Å². The maximum atomic E-state index is 12.4.